The van der Waals surface area contributed by atoms with E-state index in [0.29, 0.717) is 19.4 Å². The van der Waals surface area contributed by atoms with E-state index in [1.54, 1.807) is 11.9 Å². The molecule has 1 aliphatic rings. The summed E-state index contributed by atoms with van der Waals surface area (Å²) in [5.74, 6) is 0.216. The van der Waals surface area contributed by atoms with Gasteiger partial charge in [0.1, 0.15) is 0 Å². The lowest BCUT2D eigenvalue weighted by atomic mass is 9.88. The van der Waals surface area contributed by atoms with Gasteiger partial charge >= 0.3 is 0 Å². The first-order valence-corrected chi connectivity index (χ1v) is 8.76. The second-order valence-corrected chi connectivity index (χ2v) is 6.66. The Labute approximate surface area is 148 Å². The van der Waals surface area contributed by atoms with Gasteiger partial charge < -0.3 is 10.2 Å². The summed E-state index contributed by atoms with van der Waals surface area (Å²) in [6, 6.07) is 20.3. The number of benzene rings is 2. The number of nitrogens with one attached hydrogen (secondary N) is 1. The summed E-state index contributed by atoms with van der Waals surface area (Å²) in [6.45, 7) is 0.589. The van der Waals surface area contributed by atoms with Gasteiger partial charge in [-0.1, -0.05) is 60.7 Å². The van der Waals surface area contributed by atoms with Crippen molar-refractivity contribution < 1.29 is 9.59 Å². The first-order chi connectivity index (χ1) is 12.1. The number of likely N-dealkylation sites (tertiary alicyclic amines) is 1. The van der Waals surface area contributed by atoms with E-state index in [4.69, 9.17) is 0 Å². The van der Waals surface area contributed by atoms with Crippen molar-refractivity contribution in [3.63, 3.8) is 0 Å². The summed E-state index contributed by atoms with van der Waals surface area (Å²) < 4.78 is 0. The number of likely N-dealkylation sites (N-methyl/N-ethyl adjacent to an activating group) is 1. The third kappa shape index (κ3) is 4.47. The molecule has 0 aliphatic carbocycles. The third-order valence-electron chi connectivity index (χ3n) is 4.79. The van der Waals surface area contributed by atoms with Crippen LogP contribution in [0.15, 0.2) is 60.7 Å². The maximum absolute atomic E-state index is 12.6. The molecule has 0 radical (unpaired) electrons. The van der Waals surface area contributed by atoms with Crippen molar-refractivity contribution in [1.29, 1.82) is 0 Å². The van der Waals surface area contributed by atoms with Gasteiger partial charge in [-0.25, -0.2) is 0 Å². The molecule has 0 aromatic heterocycles. The summed E-state index contributed by atoms with van der Waals surface area (Å²) in [5, 5.41) is 3.11. The smallest absolute Gasteiger partial charge is 0.222 e. The van der Waals surface area contributed by atoms with Crippen LogP contribution in [0.5, 0.6) is 0 Å². The second kappa shape index (κ2) is 7.97. The molecule has 1 N–H and O–H groups in total. The molecule has 1 atom stereocenters. The fraction of sp³-hybridized carbons (Fsp3) is 0.333. The Bertz CT molecular complexity index is 676. The zero-order valence-electron chi connectivity index (χ0n) is 14.5. The summed E-state index contributed by atoms with van der Waals surface area (Å²) in [7, 11) is 1.79. The van der Waals surface area contributed by atoms with Gasteiger partial charge in [0.05, 0.1) is 0 Å². The van der Waals surface area contributed by atoms with E-state index < -0.39 is 0 Å². The number of piperidine rings is 1. The van der Waals surface area contributed by atoms with Crippen LogP contribution in [-0.4, -0.2) is 36.3 Å². The van der Waals surface area contributed by atoms with Gasteiger partial charge in [0.2, 0.25) is 11.8 Å². The third-order valence-corrected chi connectivity index (χ3v) is 4.79. The largest absolute Gasteiger partial charge is 0.352 e. The molecule has 4 nitrogen and oxygen atoms in total. The highest BCUT2D eigenvalue weighted by Crippen LogP contribution is 2.28. The van der Waals surface area contributed by atoms with Crippen LogP contribution in [0, 0.1) is 0 Å². The van der Waals surface area contributed by atoms with Gasteiger partial charge in [-0.3, -0.25) is 9.59 Å². The Morgan fingerprint density at radius 3 is 2.16 bits per heavy atom. The number of nitrogens with zero attached hydrogens (tertiary/aromatic N) is 1. The number of amides is 2. The molecule has 4 heteroatoms. The Kier molecular flexibility index (Phi) is 5.49. The van der Waals surface area contributed by atoms with Crippen LogP contribution in [0.4, 0.5) is 0 Å². The quantitative estimate of drug-likeness (QED) is 0.913. The summed E-state index contributed by atoms with van der Waals surface area (Å²) in [4.78, 5) is 25.9. The molecule has 2 amide bonds. The molecule has 1 aliphatic heterocycles. The Morgan fingerprint density at radius 1 is 1.08 bits per heavy atom. The zero-order valence-corrected chi connectivity index (χ0v) is 14.5. The van der Waals surface area contributed by atoms with Gasteiger partial charge in [0.25, 0.3) is 0 Å². The minimum Gasteiger partial charge on any atom is -0.352 e. The standard InChI is InChI=1S/C21H24N2O2/c1-23-15-18(12-13-21(23)25)22-20(24)14-19(16-8-4-2-5-9-16)17-10-6-3-7-11-17/h2-11,18-19H,12-15H2,1H3,(H,22,24). The van der Waals surface area contributed by atoms with E-state index in [0.717, 1.165) is 17.5 Å². The van der Waals surface area contributed by atoms with Crippen molar-refractivity contribution >= 4 is 11.8 Å². The maximum Gasteiger partial charge on any atom is 0.222 e. The highest BCUT2D eigenvalue weighted by atomic mass is 16.2. The minimum atomic E-state index is 0.0327. The van der Waals surface area contributed by atoms with Crippen LogP contribution >= 0.6 is 0 Å². The fourth-order valence-electron chi connectivity index (χ4n) is 3.40. The lowest BCUT2D eigenvalue weighted by molar-refractivity contribution is -0.134. The van der Waals surface area contributed by atoms with Crippen molar-refractivity contribution in [2.45, 2.75) is 31.2 Å². The highest BCUT2D eigenvalue weighted by Gasteiger charge is 2.25. The molecular weight excluding hydrogens is 312 g/mol. The van der Waals surface area contributed by atoms with Crippen molar-refractivity contribution in [2.75, 3.05) is 13.6 Å². The molecule has 0 spiro atoms. The van der Waals surface area contributed by atoms with Crippen molar-refractivity contribution in [2.24, 2.45) is 0 Å². The molecule has 1 saturated heterocycles. The van der Waals surface area contributed by atoms with Gasteiger partial charge in [-0.2, -0.15) is 0 Å². The monoisotopic (exact) mass is 336 g/mol. The molecule has 3 rings (SSSR count). The Balaban J connectivity index is 1.70. The number of hydrogen-bond acceptors (Lipinski definition) is 2. The van der Waals surface area contributed by atoms with Crippen LogP contribution in [0.2, 0.25) is 0 Å². The van der Waals surface area contributed by atoms with E-state index in [2.05, 4.69) is 29.6 Å². The zero-order chi connectivity index (χ0) is 17.6. The van der Waals surface area contributed by atoms with Crippen molar-refractivity contribution in [3.05, 3.63) is 71.8 Å². The molecule has 130 valence electrons. The van der Waals surface area contributed by atoms with Crippen LogP contribution in [0.25, 0.3) is 0 Å². The predicted octanol–water partition coefficient (Wildman–Crippen LogP) is 2.95. The van der Waals surface area contributed by atoms with Crippen LogP contribution in [-0.2, 0) is 9.59 Å². The van der Waals surface area contributed by atoms with Gasteiger partial charge in [-0.05, 0) is 17.5 Å². The number of rotatable bonds is 5. The van der Waals surface area contributed by atoms with Crippen LogP contribution < -0.4 is 5.32 Å². The van der Waals surface area contributed by atoms with Gasteiger partial charge in [0.15, 0.2) is 0 Å². The lowest BCUT2D eigenvalue weighted by Gasteiger charge is -2.30. The Hall–Kier alpha value is -2.62. The first-order valence-electron chi connectivity index (χ1n) is 8.76. The molecule has 1 unspecified atom stereocenters. The van der Waals surface area contributed by atoms with Crippen LogP contribution in [0.1, 0.15) is 36.3 Å². The molecule has 2 aromatic carbocycles. The summed E-state index contributed by atoms with van der Waals surface area (Å²) in [6.07, 6.45) is 1.63. The SMILES string of the molecule is CN1CC(NC(=O)CC(c2ccccc2)c2ccccc2)CCC1=O. The average molecular weight is 336 g/mol. The summed E-state index contributed by atoms with van der Waals surface area (Å²) >= 11 is 0. The summed E-state index contributed by atoms with van der Waals surface area (Å²) in [5.41, 5.74) is 2.28. The molecule has 2 aromatic rings. The number of hydrogen-bond donors (Lipinski definition) is 1. The normalized spacial score (nSPS) is 17.6. The van der Waals surface area contributed by atoms with Gasteiger partial charge in [-0.15, -0.1) is 0 Å². The first kappa shape index (κ1) is 17.2. The maximum atomic E-state index is 12.6. The van der Waals surface area contributed by atoms with E-state index in [1.165, 1.54) is 0 Å². The van der Waals surface area contributed by atoms with E-state index in [1.807, 2.05) is 36.4 Å². The highest BCUT2D eigenvalue weighted by molar-refractivity contribution is 5.79. The average Bonchev–Trinajstić information content (AvgIpc) is 2.64. The van der Waals surface area contributed by atoms with Crippen molar-refractivity contribution in [3.8, 4) is 0 Å². The molecule has 0 bridgehead atoms. The number of carbonyl (C=O) groups is 2. The molecular formula is C21H24N2O2. The van der Waals surface area contributed by atoms with Crippen molar-refractivity contribution in [1.82, 2.24) is 10.2 Å². The second-order valence-electron chi connectivity index (χ2n) is 6.66. The fourth-order valence-corrected chi connectivity index (χ4v) is 3.40. The van der Waals surface area contributed by atoms with Gasteiger partial charge in [0, 0.05) is 38.4 Å². The predicted molar refractivity (Wildman–Crippen MR) is 98.1 cm³/mol. The van der Waals surface area contributed by atoms with E-state index in [-0.39, 0.29) is 23.8 Å². The van der Waals surface area contributed by atoms with Crippen LogP contribution in [0.3, 0.4) is 0 Å². The molecule has 1 fully saturated rings. The number of carbonyl (C=O) groups excluding carboxylic acids is 2. The molecule has 25 heavy (non-hydrogen) atoms. The molecule has 1 heterocycles. The Morgan fingerprint density at radius 2 is 1.64 bits per heavy atom. The lowest BCUT2D eigenvalue weighted by Crippen LogP contribution is -2.48. The topological polar surface area (TPSA) is 49.4 Å². The van der Waals surface area contributed by atoms with E-state index >= 15 is 0 Å². The molecule has 0 saturated carbocycles. The minimum absolute atomic E-state index is 0.0327. The van der Waals surface area contributed by atoms with E-state index in [9.17, 15) is 9.59 Å².